The summed E-state index contributed by atoms with van der Waals surface area (Å²) in [6, 6.07) is 4.86. The SMILES string of the molecule is Cc1cc(F)c(Br)c2ccc(N)nc12. The van der Waals surface area contributed by atoms with Gasteiger partial charge in [0.2, 0.25) is 0 Å². The van der Waals surface area contributed by atoms with Crippen molar-refractivity contribution in [1.82, 2.24) is 4.98 Å². The molecule has 0 aliphatic carbocycles. The van der Waals surface area contributed by atoms with Crippen LogP contribution in [0.1, 0.15) is 5.56 Å². The molecule has 0 spiro atoms. The molecular formula is C10H8BrFN2. The van der Waals surface area contributed by atoms with Gasteiger partial charge in [-0.3, -0.25) is 0 Å². The number of nitrogens with zero attached hydrogens (tertiary/aromatic N) is 1. The van der Waals surface area contributed by atoms with Crippen LogP contribution in [0, 0.1) is 12.7 Å². The van der Waals surface area contributed by atoms with Crippen molar-refractivity contribution in [2.24, 2.45) is 0 Å². The van der Waals surface area contributed by atoms with Crippen LogP contribution >= 0.6 is 15.9 Å². The average Bonchev–Trinajstić information content (AvgIpc) is 2.14. The molecule has 4 heteroatoms. The summed E-state index contributed by atoms with van der Waals surface area (Å²) in [6.07, 6.45) is 0. The van der Waals surface area contributed by atoms with Crippen molar-refractivity contribution in [2.45, 2.75) is 6.92 Å². The zero-order chi connectivity index (χ0) is 10.3. The van der Waals surface area contributed by atoms with E-state index in [1.807, 2.05) is 6.92 Å². The van der Waals surface area contributed by atoms with Gasteiger partial charge in [-0.2, -0.15) is 0 Å². The largest absolute Gasteiger partial charge is 0.384 e. The van der Waals surface area contributed by atoms with Gasteiger partial charge in [0.15, 0.2) is 0 Å². The van der Waals surface area contributed by atoms with Crippen molar-refractivity contribution < 1.29 is 4.39 Å². The van der Waals surface area contributed by atoms with E-state index in [0.717, 1.165) is 16.5 Å². The summed E-state index contributed by atoms with van der Waals surface area (Å²) in [6.45, 7) is 1.81. The molecule has 1 aromatic heterocycles. The molecule has 14 heavy (non-hydrogen) atoms. The maximum absolute atomic E-state index is 13.3. The molecule has 0 saturated heterocycles. The third-order valence-corrected chi connectivity index (χ3v) is 2.89. The molecule has 0 aliphatic rings. The lowest BCUT2D eigenvalue weighted by atomic mass is 10.1. The normalized spacial score (nSPS) is 10.8. The second-order valence-electron chi connectivity index (χ2n) is 3.12. The fourth-order valence-corrected chi connectivity index (χ4v) is 1.84. The Balaban J connectivity index is 2.94. The van der Waals surface area contributed by atoms with Gasteiger partial charge >= 0.3 is 0 Å². The first-order valence-electron chi connectivity index (χ1n) is 4.10. The van der Waals surface area contributed by atoms with E-state index in [-0.39, 0.29) is 5.82 Å². The maximum atomic E-state index is 13.3. The molecule has 0 bridgehead atoms. The Bertz CT molecular complexity index is 511. The van der Waals surface area contributed by atoms with Gasteiger partial charge in [0.25, 0.3) is 0 Å². The molecular weight excluding hydrogens is 247 g/mol. The maximum Gasteiger partial charge on any atom is 0.138 e. The first-order chi connectivity index (χ1) is 6.59. The molecule has 1 aromatic carbocycles. The van der Waals surface area contributed by atoms with E-state index in [0.29, 0.717) is 10.3 Å². The van der Waals surface area contributed by atoms with Crippen molar-refractivity contribution >= 4 is 32.7 Å². The number of fused-ring (bicyclic) bond motifs is 1. The Morgan fingerprint density at radius 2 is 2.14 bits per heavy atom. The number of aryl methyl sites for hydroxylation is 1. The van der Waals surface area contributed by atoms with Gasteiger partial charge in [0.1, 0.15) is 11.6 Å². The van der Waals surface area contributed by atoms with E-state index >= 15 is 0 Å². The van der Waals surface area contributed by atoms with Gasteiger partial charge in [-0.25, -0.2) is 9.37 Å². The Hall–Kier alpha value is -1.16. The van der Waals surface area contributed by atoms with Crippen LogP contribution in [0.3, 0.4) is 0 Å². The quantitative estimate of drug-likeness (QED) is 0.785. The summed E-state index contributed by atoms with van der Waals surface area (Å²) >= 11 is 3.18. The van der Waals surface area contributed by atoms with E-state index in [2.05, 4.69) is 20.9 Å². The predicted octanol–water partition coefficient (Wildman–Crippen LogP) is 3.03. The van der Waals surface area contributed by atoms with E-state index in [9.17, 15) is 4.39 Å². The molecule has 2 nitrogen and oxygen atoms in total. The van der Waals surface area contributed by atoms with Gasteiger partial charge in [-0.1, -0.05) is 0 Å². The highest BCUT2D eigenvalue weighted by molar-refractivity contribution is 9.10. The lowest BCUT2D eigenvalue weighted by Crippen LogP contribution is -1.93. The number of pyridine rings is 1. The van der Waals surface area contributed by atoms with Gasteiger partial charge in [-0.05, 0) is 46.6 Å². The van der Waals surface area contributed by atoms with Crippen molar-refractivity contribution in [2.75, 3.05) is 5.73 Å². The minimum absolute atomic E-state index is 0.276. The Morgan fingerprint density at radius 1 is 1.43 bits per heavy atom. The Morgan fingerprint density at radius 3 is 2.86 bits per heavy atom. The molecule has 0 unspecified atom stereocenters. The van der Waals surface area contributed by atoms with Gasteiger partial charge in [0.05, 0.1) is 9.99 Å². The van der Waals surface area contributed by atoms with Crippen LogP contribution in [-0.4, -0.2) is 4.98 Å². The number of nitrogens with two attached hydrogens (primary N) is 1. The van der Waals surface area contributed by atoms with Gasteiger partial charge in [0, 0.05) is 5.39 Å². The lowest BCUT2D eigenvalue weighted by molar-refractivity contribution is 0.622. The first kappa shape index (κ1) is 9.40. The van der Waals surface area contributed by atoms with Crippen molar-refractivity contribution in [3.63, 3.8) is 0 Å². The minimum Gasteiger partial charge on any atom is -0.384 e. The van der Waals surface area contributed by atoms with Gasteiger partial charge < -0.3 is 5.73 Å². The predicted molar refractivity (Wildman–Crippen MR) is 58.6 cm³/mol. The Kier molecular flexibility index (Phi) is 2.15. The van der Waals surface area contributed by atoms with Crippen molar-refractivity contribution in [3.05, 3.63) is 34.1 Å². The fraction of sp³-hybridized carbons (Fsp3) is 0.100. The first-order valence-corrected chi connectivity index (χ1v) is 4.89. The monoisotopic (exact) mass is 254 g/mol. The van der Waals surface area contributed by atoms with E-state index in [1.165, 1.54) is 6.07 Å². The van der Waals surface area contributed by atoms with Crippen LogP contribution < -0.4 is 5.73 Å². The van der Waals surface area contributed by atoms with Crippen LogP contribution in [0.25, 0.3) is 10.9 Å². The second kappa shape index (κ2) is 3.20. The van der Waals surface area contributed by atoms with Crippen LogP contribution in [0.5, 0.6) is 0 Å². The summed E-state index contributed by atoms with van der Waals surface area (Å²) in [4.78, 5) is 4.16. The summed E-state index contributed by atoms with van der Waals surface area (Å²) in [5.74, 6) is 0.167. The summed E-state index contributed by atoms with van der Waals surface area (Å²) in [7, 11) is 0. The number of hydrogen-bond donors (Lipinski definition) is 1. The standard InChI is InChI=1S/C10H8BrFN2/c1-5-4-7(12)9(11)6-2-3-8(13)14-10(5)6/h2-4H,1H3,(H2,13,14). The molecule has 0 saturated carbocycles. The van der Waals surface area contributed by atoms with Crippen molar-refractivity contribution in [3.8, 4) is 0 Å². The Labute approximate surface area is 89.1 Å². The topological polar surface area (TPSA) is 38.9 Å². The molecule has 2 aromatic rings. The summed E-state index contributed by atoms with van der Waals surface area (Å²) in [5.41, 5.74) is 7.08. The molecule has 0 atom stereocenters. The minimum atomic E-state index is -0.276. The zero-order valence-electron chi connectivity index (χ0n) is 7.51. The summed E-state index contributed by atoms with van der Waals surface area (Å²) < 4.78 is 13.7. The van der Waals surface area contributed by atoms with Crippen molar-refractivity contribution in [1.29, 1.82) is 0 Å². The van der Waals surface area contributed by atoms with Crippen LogP contribution in [0.4, 0.5) is 10.2 Å². The second-order valence-corrected chi connectivity index (χ2v) is 3.91. The number of hydrogen-bond acceptors (Lipinski definition) is 2. The third-order valence-electron chi connectivity index (χ3n) is 2.08. The molecule has 0 radical (unpaired) electrons. The van der Waals surface area contributed by atoms with Crippen LogP contribution in [0.2, 0.25) is 0 Å². The van der Waals surface area contributed by atoms with Gasteiger partial charge in [-0.15, -0.1) is 0 Å². The number of rotatable bonds is 0. The lowest BCUT2D eigenvalue weighted by Gasteiger charge is -2.05. The highest BCUT2D eigenvalue weighted by Gasteiger charge is 2.08. The molecule has 0 amide bonds. The molecule has 72 valence electrons. The highest BCUT2D eigenvalue weighted by Crippen LogP contribution is 2.28. The number of halogens is 2. The van der Waals surface area contributed by atoms with Crippen LogP contribution in [-0.2, 0) is 0 Å². The van der Waals surface area contributed by atoms with Crippen LogP contribution in [0.15, 0.2) is 22.7 Å². The number of anilines is 1. The van der Waals surface area contributed by atoms with E-state index in [4.69, 9.17) is 5.73 Å². The molecule has 1 heterocycles. The molecule has 2 rings (SSSR count). The van der Waals surface area contributed by atoms with E-state index < -0.39 is 0 Å². The number of aromatic nitrogens is 1. The zero-order valence-corrected chi connectivity index (χ0v) is 9.10. The number of nitrogen functional groups attached to an aromatic ring is 1. The molecule has 0 aliphatic heterocycles. The summed E-state index contributed by atoms with van der Waals surface area (Å²) in [5, 5.41) is 0.747. The fourth-order valence-electron chi connectivity index (χ4n) is 1.40. The average molecular weight is 255 g/mol. The third kappa shape index (κ3) is 1.35. The highest BCUT2D eigenvalue weighted by atomic mass is 79.9. The molecule has 0 fully saturated rings. The van der Waals surface area contributed by atoms with E-state index in [1.54, 1.807) is 12.1 Å². The molecule has 2 N–H and O–H groups in total. The smallest absolute Gasteiger partial charge is 0.138 e. The number of benzene rings is 1.